The molecule has 0 N–H and O–H groups in total. The van der Waals surface area contributed by atoms with Gasteiger partial charge in [-0.1, -0.05) is 52.3 Å². The van der Waals surface area contributed by atoms with Crippen LogP contribution >= 0.6 is 0 Å². The lowest BCUT2D eigenvalue weighted by Gasteiger charge is -2.55. The van der Waals surface area contributed by atoms with Crippen LogP contribution in [0.5, 0.6) is 0 Å². The highest BCUT2D eigenvalue weighted by molar-refractivity contribution is 6.74. The molecule has 0 spiro atoms. The molecule has 0 radical (unpaired) electrons. The van der Waals surface area contributed by atoms with Crippen molar-refractivity contribution in [3.63, 3.8) is 0 Å². The van der Waals surface area contributed by atoms with E-state index in [-0.39, 0.29) is 5.41 Å². The van der Waals surface area contributed by atoms with Crippen LogP contribution in [0.2, 0.25) is 18.1 Å². The van der Waals surface area contributed by atoms with Gasteiger partial charge in [0.05, 0.1) is 13.2 Å². The standard InChI is InChI=1S/C22H40O2Si/c1-8-13-18-19(22(9-2)17-23-16-20(18)22)14-11-10-12-15-24-25(6,7)21(3,4)5/h9,11,14,18-20H,2,8,10,12-13,15-17H2,1,3-7H3/b14-11+/t18-,19-,20-,22+/m0/s1. The Bertz CT molecular complexity index is 477. The van der Waals surface area contributed by atoms with Crippen molar-refractivity contribution in [3.8, 4) is 0 Å². The first-order chi connectivity index (χ1) is 11.7. The molecule has 0 aromatic rings. The van der Waals surface area contributed by atoms with E-state index >= 15 is 0 Å². The zero-order chi connectivity index (χ0) is 18.7. The highest BCUT2D eigenvalue weighted by Gasteiger charge is 2.61. The van der Waals surface area contributed by atoms with E-state index in [0.29, 0.717) is 16.9 Å². The monoisotopic (exact) mass is 364 g/mol. The van der Waals surface area contributed by atoms with Gasteiger partial charge in [-0.2, -0.15) is 0 Å². The molecule has 3 heteroatoms. The molecule has 2 nitrogen and oxygen atoms in total. The molecule has 0 bridgehead atoms. The summed E-state index contributed by atoms with van der Waals surface area (Å²) in [4.78, 5) is 0. The molecule has 0 amide bonds. The fourth-order valence-corrected chi connectivity index (χ4v) is 5.48. The van der Waals surface area contributed by atoms with E-state index < -0.39 is 8.32 Å². The van der Waals surface area contributed by atoms with Gasteiger partial charge in [-0.15, -0.1) is 6.58 Å². The number of hydrogen-bond acceptors (Lipinski definition) is 2. The lowest BCUT2D eigenvalue weighted by Crippen LogP contribution is -2.54. The highest BCUT2D eigenvalue weighted by atomic mass is 28.4. The van der Waals surface area contributed by atoms with E-state index in [1.54, 1.807) is 0 Å². The summed E-state index contributed by atoms with van der Waals surface area (Å²) in [6.07, 6.45) is 11.9. The molecule has 1 saturated heterocycles. The zero-order valence-corrected chi connectivity index (χ0v) is 18.4. The lowest BCUT2D eigenvalue weighted by molar-refractivity contribution is -0.0217. The molecule has 2 aliphatic rings. The van der Waals surface area contributed by atoms with E-state index in [1.807, 2.05) is 0 Å². The summed E-state index contributed by atoms with van der Waals surface area (Å²) in [5.74, 6) is 2.10. The second kappa shape index (κ2) is 8.10. The maximum absolute atomic E-state index is 6.28. The summed E-state index contributed by atoms with van der Waals surface area (Å²) in [6, 6.07) is 0. The molecule has 2 rings (SSSR count). The summed E-state index contributed by atoms with van der Waals surface area (Å²) >= 11 is 0. The second-order valence-electron chi connectivity index (χ2n) is 9.60. The topological polar surface area (TPSA) is 18.5 Å². The predicted molar refractivity (Wildman–Crippen MR) is 110 cm³/mol. The maximum Gasteiger partial charge on any atom is 0.191 e. The van der Waals surface area contributed by atoms with Gasteiger partial charge in [0.15, 0.2) is 8.32 Å². The van der Waals surface area contributed by atoms with Crippen molar-refractivity contribution in [1.29, 1.82) is 0 Å². The molecular formula is C22H40O2Si. The summed E-state index contributed by atoms with van der Waals surface area (Å²) in [5.41, 5.74) is 0.216. The van der Waals surface area contributed by atoms with Gasteiger partial charge in [0, 0.05) is 12.0 Å². The third kappa shape index (κ3) is 4.14. The van der Waals surface area contributed by atoms with E-state index in [1.165, 1.54) is 12.8 Å². The van der Waals surface area contributed by atoms with Crippen LogP contribution in [0, 0.1) is 23.2 Å². The third-order valence-corrected chi connectivity index (χ3v) is 11.6. The molecule has 1 heterocycles. The third-order valence-electron chi connectivity index (χ3n) is 7.07. The Labute approximate surface area is 157 Å². The minimum atomic E-state index is -1.59. The van der Waals surface area contributed by atoms with Crippen LogP contribution in [0.15, 0.2) is 24.8 Å². The molecule has 2 fully saturated rings. The van der Waals surface area contributed by atoms with Gasteiger partial charge in [0.2, 0.25) is 0 Å². The molecule has 0 aromatic heterocycles. The average Bonchev–Trinajstić information content (AvgIpc) is 2.90. The first kappa shape index (κ1) is 20.9. The number of ether oxygens (including phenoxy) is 1. The first-order valence-corrected chi connectivity index (χ1v) is 13.1. The van der Waals surface area contributed by atoms with Crippen molar-refractivity contribution in [2.45, 2.75) is 71.5 Å². The maximum atomic E-state index is 6.28. The smallest absolute Gasteiger partial charge is 0.191 e. The number of fused-ring (bicyclic) bond motifs is 1. The highest BCUT2D eigenvalue weighted by Crippen LogP contribution is 2.62. The van der Waals surface area contributed by atoms with Gasteiger partial charge in [-0.3, -0.25) is 0 Å². The summed E-state index contributed by atoms with van der Waals surface area (Å²) in [5, 5.41) is 0.302. The molecular weight excluding hydrogens is 324 g/mol. The van der Waals surface area contributed by atoms with Crippen LogP contribution in [0.1, 0.15) is 53.4 Å². The van der Waals surface area contributed by atoms with Crippen LogP contribution in [0.25, 0.3) is 0 Å². The molecule has 1 saturated carbocycles. The Morgan fingerprint density at radius 2 is 2.04 bits per heavy atom. The van der Waals surface area contributed by atoms with Gasteiger partial charge >= 0.3 is 0 Å². The second-order valence-corrected chi connectivity index (χ2v) is 14.4. The van der Waals surface area contributed by atoms with E-state index in [4.69, 9.17) is 9.16 Å². The SMILES string of the molecule is C=C[C@]12COC[C@H]1[C@@H](CCC)[C@@H]2/C=C/CCCO[Si](C)(C)C(C)(C)C. The van der Waals surface area contributed by atoms with E-state index in [9.17, 15) is 0 Å². The molecule has 0 unspecified atom stereocenters. The van der Waals surface area contributed by atoms with Crippen LogP contribution in [0.4, 0.5) is 0 Å². The van der Waals surface area contributed by atoms with Crippen molar-refractivity contribution in [2.75, 3.05) is 19.8 Å². The Morgan fingerprint density at radius 3 is 2.64 bits per heavy atom. The van der Waals surface area contributed by atoms with Gasteiger partial charge in [0.1, 0.15) is 0 Å². The van der Waals surface area contributed by atoms with Crippen molar-refractivity contribution in [2.24, 2.45) is 23.2 Å². The van der Waals surface area contributed by atoms with E-state index in [2.05, 4.69) is 65.6 Å². The minimum Gasteiger partial charge on any atom is -0.417 e. The summed E-state index contributed by atoms with van der Waals surface area (Å²) in [7, 11) is -1.59. The quantitative estimate of drug-likeness (QED) is 0.275. The van der Waals surface area contributed by atoms with Crippen LogP contribution in [-0.4, -0.2) is 28.1 Å². The minimum absolute atomic E-state index is 0.216. The van der Waals surface area contributed by atoms with Gasteiger partial charge in [-0.05, 0) is 55.1 Å². The molecule has 1 aliphatic carbocycles. The zero-order valence-electron chi connectivity index (χ0n) is 17.4. The number of allylic oxidation sites excluding steroid dienone is 2. The predicted octanol–water partition coefficient (Wildman–Crippen LogP) is 6.21. The van der Waals surface area contributed by atoms with Crippen LogP contribution in [0.3, 0.4) is 0 Å². The molecule has 0 aromatic carbocycles. The largest absolute Gasteiger partial charge is 0.417 e. The Kier molecular flexibility index (Phi) is 6.78. The van der Waals surface area contributed by atoms with Gasteiger partial charge < -0.3 is 9.16 Å². The van der Waals surface area contributed by atoms with E-state index in [0.717, 1.165) is 38.6 Å². The molecule has 4 atom stereocenters. The van der Waals surface area contributed by atoms with Crippen molar-refractivity contribution < 1.29 is 9.16 Å². The summed E-state index contributed by atoms with van der Waals surface area (Å²) in [6.45, 7) is 20.7. The fourth-order valence-electron chi connectivity index (χ4n) is 4.39. The Hall–Kier alpha value is -0.383. The normalized spacial score (nSPS) is 32.6. The average molecular weight is 365 g/mol. The first-order valence-electron chi connectivity index (χ1n) is 10.2. The van der Waals surface area contributed by atoms with Crippen LogP contribution < -0.4 is 0 Å². The number of rotatable bonds is 9. The van der Waals surface area contributed by atoms with Crippen LogP contribution in [-0.2, 0) is 9.16 Å². The summed E-state index contributed by atoms with van der Waals surface area (Å²) < 4.78 is 12.1. The fraction of sp³-hybridized carbons (Fsp3) is 0.818. The van der Waals surface area contributed by atoms with Crippen molar-refractivity contribution in [1.82, 2.24) is 0 Å². The lowest BCUT2D eigenvalue weighted by atomic mass is 9.47. The molecule has 1 aliphatic heterocycles. The Morgan fingerprint density at radius 1 is 1.32 bits per heavy atom. The molecule has 144 valence electrons. The molecule has 25 heavy (non-hydrogen) atoms. The Balaban J connectivity index is 1.82. The number of unbranched alkanes of at least 4 members (excludes halogenated alkanes) is 1. The van der Waals surface area contributed by atoms with Crippen molar-refractivity contribution >= 4 is 8.32 Å². The van der Waals surface area contributed by atoms with Gasteiger partial charge in [0.25, 0.3) is 0 Å². The van der Waals surface area contributed by atoms with Crippen molar-refractivity contribution in [3.05, 3.63) is 24.8 Å². The number of hydrogen-bond donors (Lipinski definition) is 0. The van der Waals surface area contributed by atoms with Gasteiger partial charge in [-0.25, -0.2) is 0 Å².